The van der Waals surface area contributed by atoms with E-state index in [2.05, 4.69) is 23.8 Å². The predicted octanol–water partition coefficient (Wildman–Crippen LogP) is 0.543. The zero-order valence-electron chi connectivity index (χ0n) is 6.20. The molecule has 0 N–H and O–H groups in total. The molecule has 52 valence electrons. The highest BCUT2D eigenvalue weighted by molar-refractivity contribution is 5.56. The fraction of sp³-hybridized carbons (Fsp3) is 0.833. The highest BCUT2D eigenvalue weighted by atomic mass is 15.6. The molecule has 0 saturated heterocycles. The number of hydrazone groups is 1. The van der Waals surface area contributed by atoms with Crippen molar-refractivity contribution in [2.24, 2.45) is 5.10 Å². The number of rotatable bonds is 1. The molecule has 0 amide bonds. The summed E-state index contributed by atoms with van der Waals surface area (Å²) >= 11 is 0. The molecule has 0 aromatic carbocycles. The molecule has 1 atom stereocenters. The Morgan fingerprint density at radius 2 is 2.33 bits per heavy atom. The lowest BCUT2D eigenvalue weighted by Gasteiger charge is -2.22. The van der Waals surface area contributed by atoms with Crippen molar-refractivity contribution >= 4 is 6.34 Å². The standard InChI is InChI=1S/C6H13N3/c1-4-9-6(2)8(3)5-7-9/h5-6H,4H2,1-3H3. The van der Waals surface area contributed by atoms with Crippen LogP contribution >= 0.6 is 0 Å². The van der Waals surface area contributed by atoms with Gasteiger partial charge < -0.3 is 4.90 Å². The van der Waals surface area contributed by atoms with Crippen molar-refractivity contribution < 1.29 is 0 Å². The third kappa shape index (κ3) is 0.992. The second kappa shape index (κ2) is 2.25. The second-order valence-corrected chi connectivity index (χ2v) is 2.28. The summed E-state index contributed by atoms with van der Waals surface area (Å²) in [6.07, 6.45) is 2.30. The summed E-state index contributed by atoms with van der Waals surface area (Å²) in [6.45, 7) is 5.23. The summed E-state index contributed by atoms with van der Waals surface area (Å²) in [4.78, 5) is 2.09. The molecule has 1 heterocycles. The van der Waals surface area contributed by atoms with Gasteiger partial charge >= 0.3 is 0 Å². The van der Waals surface area contributed by atoms with Crippen LogP contribution in [-0.4, -0.2) is 36.0 Å². The van der Waals surface area contributed by atoms with E-state index in [4.69, 9.17) is 0 Å². The molecule has 0 aromatic heterocycles. The van der Waals surface area contributed by atoms with E-state index >= 15 is 0 Å². The third-order valence-corrected chi connectivity index (χ3v) is 1.73. The average Bonchev–Trinajstić information content (AvgIpc) is 2.15. The summed E-state index contributed by atoms with van der Waals surface area (Å²) in [5.74, 6) is 0. The van der Waals surface area contributed by atoms with Crippen molar-refractivity contribution in [3.8, 4) is 0 Å². The summed E-state index contributed by atoms with van der Waals surface area (Å²) in [5.41, 5.74) is 0. The maximum atomic E-state index is 4.15. The monoisotopic (exact) mass is 127 g/mol. The van der Waals surface area contributed by atoms with E-state index in [0.29, 0.717) is 6.17 Å². The van der Waals surface area contributed by atoms with Gasteiger partial charge in [-0.05, 0) is 13.8 Å². The van der Waals surface area contributed by atoms with Gasteiger partial charge in [0, 0.05) is 13.6 Å². The molecule has 3 heteroatoms. The quantitative estimate of drug-likeness (QED) is 0.512. The van der Waals surface area contributed by atoms with Gasteiger partial charge in [0.25, 0.3) is 0 Å². The van der Waals surface area contributed by atoms with E-state index in [1.807, 2.05) is 18.4 Å². The fourth-order valence-electron chi connectivity index (χ4n) is 0.897. The van der Waals surface area contributed by atoms with Gasteiger partial charge in [-0.3, -0.25) is 5.01 Å². The molecule has 3 nitrogen and oxygen atoms in total. The van der Waals surface area contributed by atoms with E-state index in [0.717, 1.165) is 6.54 Å². The predicted molar refractivity (Wildman–Crippen MR) is 38.1 cm³/mol. The summed E-state index contributed by atoms with van der Waals surface area (Å²) < 4.78 is 0. The molecule has 0 saturated carbocycles. The van der Waals surface area contributed by atoms with Crippen LogP contribution in [-0.2, 0) is 0 Å². The van der Waals surface area contributed by atoms with E-state index in [9.17, 15) is 0 Å². The lowest BCUT2D eigenvalue weighted by Crippen LogP contribution is -2.34. The first kappa shape index (κ1) is 6.39. The van der Waals surface area contributed by atoms with Crippen LogP contribution in [0.3, 0.4) is 0 Å². The maximum Gasteiger partial charge on any atom is 0.116 e. The topological polar surface area (TPSA) is 18.8 Å². The van der Waals surface area contributed by atoms with E-state index in [1.54, 1.807) is 0 Å². The van der Waals surface area contributed by atoms with Crippen LogP contribution in [0.5, 0.6) is 0 Å². The third-order valence-electron chi connectivity index (χ3n) is 1.73. The largest absolute Gasteiger partial charge is 0.343 e. The summed E-state index contributed by atoms with van der Waals surface area (Å²) in [7, 11) is 2.03. The van der Waals surface area contributed by atoms with Crippen LogP contribution < -0.4 is 0 Å². The van der Waals surface area contributed by atoms with E-state index in [-0.39, 0.29) is 0 Å². The lowest BCUT2D eigenvalue weighted by molar-refractivity contribution is 0.172. The van der Waals surface area contributed by atoms with Crippen molar-refractivity contribution in [3.05, 3.63) is 0 Å². The van der Waals surface area contributed by atoms with Crippen LogP contribution in [0.1, 0.15) is 13.8 Å². The summed E-state index contributed by atoms with van der Waals surface area (Å²) in [5, 5.41) is 6.19. The Bertz CT molecular complexity index is 121. The molecule has 0 radical (unpaired) electrons. The van der Waals surface area contributed by atoms with Gasteiger partial charge in [-0.15, -0.1) is 0 Å². The fourth-order valence-corrected chi connectivity index (χ4v) is 0.897. The minimum Gasteiger partial charge on any atom is -0.343 e. The van der Waals surface area contributed by atoms with Crippen LogP contribution in [0.25, 0.3) is 0 Å². The SMILES string of the molecule is CCN1N=CN(C)C1C. The van der Waals surface area contributed by atoms with Crippen molar-refractivity contribution in [1.82, 2.24) is 9.91 Å². The van der Waals surface area contributed by atoms with E-state index in [1.165, 1.54) is 0 Å². The van der Waals surface area contributed by atoms with Gasteiger partial charge in [0.1, 0.15) is 12.5 Å². The molecule has 0 fully saturated rings. The Kier molecular flexibility index (Phi) is 1.60. The highest BCUT2D eigenvalue weighted by Gasteiger charge is 2.17. The highest BCUT2D eigenvalue weighted by Crippen LogP contribution is 2.07. The minimum absolute atomic E-state index is 0.440. The molecule has 0 aliphatic carbocycles. The van der Waals surface area contributed by atoms with Gasteiger partial charge in [-0.25, -0.2) is 0 Å². The van der Waals surface area contributed by atoms with Crippen molar-refractivity contribution in [2.75, 3.05) is 13.6 Å². The molecule has 0 aromatic rings. The smallest absolute Gasteiger partial charge is 0.116 e. The molecule has 1 aliphatic heterocycles. The zero-order valence-corrected chi connectivity index (χ0v) is 6.20. The number of nitrogens with zero attached hydrogens (tertiary/aromatic N) is 3. The number of hydrogen-bond donors (Lipinski definition) is 0. The molecule has 1 aliphatic rings. The minimum atomic E-state index is 0.440. The van der Waals surface area contributed by atoms with Crippen molar-refractivity contribution in [1.29, 1.82) is 0 Å². The average molecular weight is 127 g/mol. The van der Waals surface area contributed by atoms with E-state index < -0.39 is 0 Å². The first-order valence-corrected chi connectivity index (χ1v) is 3.28. The van der Waals surface area contributed by atoms with Crippen LogP contribution in [0.15, 0.2) is 5.10 Å². The molecule has 1 unspecified atom stereocenters. The number of hydrogen-bond acceptors (Lipinski definition) is 3. The second-order valence-electron chi connectivity index (χ2n) is 2.28. The Labute approximate surface area is 55.9 Å². The molecule has 9 heavy (non-hydrogen) atoms. The molecule has 1 rings (SSSR count). The summed E-state index contributed by atoms with van der Waals surface area (Å²) in [6, 6.07) is 0. The zero-order chi connectivity index (χ0) is 6.85. The Morgan fingerprint density at radius 1 is 1.67 bits per heavy atom. The van der Waals surface area contributed by atoms with Crippen LogP contribution in [0.2, 0.25) is 0 Å². The Morgan fingerprint density at radius 3 is 2.56 bits per heavy atom. The molecule has 0 bridgehead atoms. The van der Waals surface area contributed by atoms with Gasteiger partial charge in [0.05, 0.1) is 0 Å². The van der Waals surface area contributed by atoms with Gasteiger partial charge in [0.15, 0.2) is 0 Å². The van der Waals surface area contributed by atoms with Crippen LogP contribution in [0.4, 0.5) is 0 Å². The molecular formula is C6H13N3. The van der Waals surface area contributed by atoms with Crippen molar-refractivity contribution in [3.63, 3.8) is 0 Å². The Balaban J connectivity index is 2.51. The molecular weight excluding hydrogens is 114 g/mol. The lowest BCUT2D eigenvalue weighted by atomic mass is 10.5. The van der Waals surface area contributed by atoms with Gasteiger partial charge in [0.2, 0.25) is 0 Å². The van der Waals surface area contributed by atoms with Crippen LogP contribution in [0, 0.1) is 0 Å². The maximum absolute atomic E-state index is 4.15. The first-order chi connectivity index (χ1) is 4.25. The Hall–Kier alpha value is -0.730. The van der Waals surface area contributed by atoms with Gasteiger partial charge in [-0.2, -0.15) is 5.10 Å². The molecule has 0 spiro atoms. The van der Waals surface area contributed by atoms with Gasteiger partial charge in [-0.1, -0.05) is 0 Å². The normalized spacial score (nSPS) is 25.9. The van der Waals surface area contributed by atoms with Crippen molar-refractivity contribution in [2.45, 2.75) is 20.0 Å². The first-order valence-electron chi connectivity index (χ1n) is 3.28.